The number of hydrogen-bond acceptors (Lipinski definition) is 2. The van der Waals surface area contributed by atoms with Gasteiger partial charge in [0.1, 0.15) is 0 Å². The average molecular weight is 347 g/mol. The number of halogens is 1. The van der Waals surface area contributed by atoms with Crippen molar-refractivity contribution in [3.05, 3.63) is 53.3 Å². The van der Waals surface area contributed by atoms with Crippen molar-refractivity contribution in [2.45, 2.75) is 19.0 Å². The van der Waals surface area contributed by atoms with Crippen LogP contribution in [-0.2, 0) is 18.4 Å². The molecule has 0 bridgehead atoms. The third kappa shape index (κ3) is 3.71. The highest BCUT2D eigenvalue weighted by molar-refractivity contribution is 6.33. The number of aryl methyl sites for hydroxylation is 1. The van der Waals surface area contributed by atoms with Crippen molar-refractivity contribution < 1.29 is 9.59 Å². The van der Waals surface area contributed by atoms with Gasteiger partial charge in [-0.1, -0.05) is 23.7 Å². The van der Waals surface area contributed by atoms with Crippen molar-refractivity contribution in [3.8, 4) is 0 Å². The summed E-state index contributed by atoms with van der Waals surface area (Å²) < 4.78 is 1.92. The maximum absolute atomic E-state index is 12.2. The minimum absolute atomic E-state index is 0.0449. The summed E-state index contributed by atoms with van der Waals surface area (Å²) in [6, 6.07) is 8.64. The summed E-state index contributed by atoms with van der Waals surface area (Å²) in [5.41, 5.74) is 1.70. The molecule has 0 aliphatic carbocycles. The van der Waals surface area contributed by atoms with E-state index in [0.717, 1.165) is 5.56 Å². The topological polar surface area (TPSA) is 66.4 Å². The minimum Gasteiger partial charge on any atom is -0.357 e. The Morgan fingerprint density at radius 3 is 2.83 bits per heavy atom. The van der Waals surface area contributed by atoms with E-state index >= 15 is 0 Å². The van der Waals surface area contributed by atoms with Crippen LogP contribution in [0.3, 0.4) is 0 Å². The quantitative estimate of drug-likeness (QED) is 0.892. The molecular weight excluding hydrogens is 328 g/mol. The van der Waals surface area contributed by atoms with Gasteiger partial charge in [-0.15, -0.1) is 0 Å². The molecule has 2 aromatic rings. The Kier molecular flexibility index (Phi) is 4.76. The smallest absolute Gasteiger partial charge is 0.315 e. The van der Waals surface area contributed by atoms with Crippen molar-refractivity contribution in [1.29, 1.82) is 0 Å². The Bertz CT molecular complexity index is 759. The standard InChI is InChI=1S/C17H19ClN4O2/c1-21-7-6-12(10-21)9-19-17(24)20-13-8-16(23)22(11-13)15-5-3-2-4-14(15)18/h2-7,10,13H,8-9,11H2,1H3,(H2,19,20,24)/t13-/m1/s1. The number of anilines is 1. The van der Waals surface area contributed by atoms with Crippen molar-refractivity contribution in [3.63, 3.8) is 0 Å². The predicted octanol–water partition coefficient (Wildman–Crippen LogP) is 2.28. The second kappa shape index (κ2) is 6.97. The summed E-state index contributed by atoms with van der Waals surface area (Å²) in [5.74, 6) is -0.0449. The largest absolute Gasteiger partial charge is 0.357 e. The van der Waals surface area contributed by atoms with Crippen LogP contribution in [0.25, 0.3) is 0 Å². The number of rotatable bonds is 4. The lowest BCUT2D eigenvalue weighted by atomic mass is 10.2. The highest BCUT2D eigenvalue weighted by atomic mass is 35.5. The third-order valence-corrected chi connectivity index (χ3v) is 4.27. The summed E-state index contributed by atoms with van der Waals surface area (Å²) in [7, 11) is 1.93. The molecule has 24 heavy (non-hydrogen) atoms. The predicted molar refractivity (Wildman–Crippen MR) is 93.0 cm³/mol. The zero-order chi connectivity index (χ0) is 17.1. The zero-order valence-electron chi connectivity index (χ0n) is 13.3. The third-order valence-electron chi connectivity index (χ3n) is 3.95. The van der Waals surface area contributed by atoms with Gasteiger partial charge in [-0.2, -0.15) is 0 Å². The molecule has 1 saturated heterocycles. The molecule has 1 aromatic heterocycles. The molecule has 0 saturated carbocycles. The molecule has 1 atom stereocenters. The Balaban J connectivity index is 1.54. The molecule has 0 spiro atoms. The molecular formula is C17H19ClN4O2. The Morgan fingerprint density at radius 2 is 2.12 bits per heavy atom. The van der Waals surface area contributed by atoms with Crippen molar-refractivity contribution in [1.82, 2.24) is 15.2 Å². The summed E-state index contributed by atoms with van der Waals surface area (Å²) in [6.45, 7) is 0.864. The van der Waals surface area contributed by atoms with Gasteiger partial charge >= 0.3 is 6.03 Å². The summed E-state index contributed by atoms with van der Waals surface area (Å²) in [6.07, 6.45) is 4.13. The van der Waals surface area contributed by atoms with E-state index in [-0.39, 0.29) is 24.4 Å². The van der Waals surface area contributed by atoms with Gasteiger partial charge in [-0.3, -0.25) is 4.79 Å². The number of amides is 3. The van der Waals surface area contributed by atoms with Crippen molar-refractivity contribution >= 4 is 29.2 Å². The van der Waals surface area contributed by atoms with Crippen LogP contribution in [0.15, 0.2) is 42.7 Å². The monoisotopic (exact) mass is 346 g/mol. The van der Waals surface area contributed by atoms with E-state index in [0.29, 0.717) is 23.8 Å². The number of carbonyl (C=O) groups excluding carboxylic acids is 2. The van der Waals surface area contributed by atoms with Gasteiger partial charge < -0.3 is 20.1 Å². The van der Waals surface area contributed by atoms with Gasteiger partial charge in [0.2, 0.25) is 5.91 Å². The number of nitrogens with one attached hydrogen (secondary N) is 2. The van der Waals surface area contributed by atoms with Gasteiger partial charge in [-0.05, 0) is 23.8 Å². The Morgan fingerprint density at radius 1 is 1.33 bits per heavy atom. The minimum atomic E-state index is -0.280. The van der Waals surface area contributed by atoms with Gasteiger partial charge in [0, 0.05) is 39.0 Å². The Hall–Kier alpha value is -2.47. The van der Waals surface area contributed by atoms with Crippen LogP contribution in [0.4, 0.5) is 10.5 Å². The first kappa shape index (κ1) is 16.4. The summed E-state index contributed by atoms with van der Waals surface area (Å²) in [5, 5.41) is 6.17. The van der Waals surface area contributed by atoms with E-state index in [9.17, 15) is 9.59 Å². The van der Waals surface area contributed by atoms with E-state index in [1.165, 1.54) is 0 Å². The number of carbonyl (C=O) groups is 2. The average Bonchev–Trinajstić information content (AvgIpc) is 3.11. The van der Waals surface area contributed by atoms with Crippen LogP contribution in [-0.4, -0.2) is 29.1 Å². The van der Waals surface area contributed by atoms with E-state index in [1.807, 2.05) is 42.2 Å². The van der Waals surface area contributed by atoms with Crippen LogP contribution in [0.5, 0.6) is 0 Å². The molecule has 2 N–H and O–H groups in total. The number of nitrogens with zero attached hydrogens (tertiary/aromatic N) is 2. The van der Waals surface area contributed by atoms with E-state index in [4.69, 9.17) is 11.6 Å². The van der Waals surface area contributed by atoms with Gasteiger partial charge in [0.05, 0.1) is 16.8 Å². The Labute approximate surface area is 145 Å². The lowest BCUT2D eigenvalue weighted by molar-refractivity contribution is -0.117. The molecule has 6 nitrogen and oxygen atoms in total. The first-order valence-corrected chi connectivity index (χ1v) is 8.11. The molecule has 3 rings (SSSR count). The fraction of sp³-hybridized carbons (Fsp3) is 0.294. The summed E-state index contributed by atoms with van der Waals surface area (Å²) >= 11 is 6.15. The van der Waals surface area contributed by atoms with E-state index < -0.39 is 0 Å². The second-order valence-electron chi connectivity index (χ2n) is 5.87. The van der Waals surface area contributed by atoms with Crippen LogP contribution in [0.1, 0.15) is 12.0 Å². The number of urea groups is 1. The molecule has 0 unspecified atom stereocenters. The fourth-order valence-corrected chi connectivity index (χ4v) is 3.03. The molecule has 3 amide bonds. The van der Waals surface area contributed by atoms with E-state index in [2.05, 4.69) is 10.6 Å². The first-order valence-electron chi connectivity index (χ1n) is 7.73. The second-order valence-corrected chi connectivity index (χ2v) is 6.28. The lowest BCUT2D eigenvalue weighted by Crippen LogP contribution is -2.43. The molecule has 1 aliphatic heterocycles. The fourth-order valence-electron chi connectivity index (χ4n) is 2.79. The van der Waals surface area contributed by atoms with Crippen LogP contribution in [0.2, 0.25) is 5.02 Å². The van der Waals surface area contributed by atoms with Crippen molar-refractivity contribution in [2.24, 2.45) is 7.05 Å². The van der Waals surface area contributed by atoms with E-state index in [1.54, 1.807) is 17.0 Å². The number of benzene rings is 1. The molecule has 2 heterocycles. The molecule has 7 heteroatoms. The molecule has 1 aliphatic rings. The number of para-hydroxylation sites is 1. The van der Waals surface area contributed by atoms with Crippen LogP contribution >= 0.6 is 11.6 Å². The van der Waals surface area contributed by atoms with Gasteiger partial charge in [0.15, 0.2) is 0 Å². The van der Waals surface area contributed by atoms with Gasteiger partial charge in [0.25, 0.3) is 0 Å². The molecule has 1 fully saturated rings. The number of aromatic nitrogens is 1. The first-order chi connectivity index (χ1) is 11.5. The highest BCUT2D eigenvalue weighted by Gasteiger charge is 2.32. The zero-order valence-corrected chi connectivity index (χ0v) is 14.1. The normalized spacial score (nSPS) is 17.2. The van der Waals surface area contributed by atoms with Crippen LogP contribution < -0.4 is 15.5 Å². The molecule has 0 radical (unpaired) electrons. The van der Waals surface area contributed by atoms with Gasteiger partial charge in [-0.25, -0.2) is 4.79 Å². The SMILES string of the molecule is Cn1ccc(CNC(=O)N[C@@H]2CC(=O)N(c3ccccc3Cl)C2)c1. The van der Waals surface area contributed by atoms with Crippen LogP contribution in [0, 0.1) is 0 Å². The maximum atomic E-state index is 12.2. The number of hydrogen-bond donors (Lipinski definition) is 2. The highest BCUT2D eigenvalue weighted by Crippen LogP contribution is 2.28. The summed E-state index contributed by atoms with van der Waals surface area (Å²) in [4.78, 5) is 25.8. The molecule has 126 valence electrons. The lowest BCUT2D eigenvalue weighted by Gasteiger charge is -2.18. The molecule has 1 aromatic carbocycles. The van der Waals surface area contributed by atoms with Crippen molar-refractivity contribution in [2.75, 3.05) is 11.4 Å². The maximum Gasteiger partial charge on any atom is 0.315 e.